The molecule has 110 valence electrons. The number of carboxylic acids is 1. The Balaban J connectivity index is 2.88. The Morgan fingerprint density at radius 1 is 1.35 bits per heavy atom. The van der Waals surface area contributed by atoms with Crippen LogP contribution in [0.3, 0.4) is 0 Å². The van der Waals surface area contributed by atoms with Gasteiger partial charge in [-0.3, -0.25) is 9.63 Å². The summed E-state index contributed by atoms with van der Waals surface area (Å²) in [5.74, 6) is -1.98. The summed E-state index contributed by atoms with van der Waals surface area (Å²) in [6.07, 6.45) is 0. The number of aliphatic carboxylic acids is 1. The number of hydrogen-bond acceptors (Lipinski definition) is 5. The molecule has 9 heteroatoms. The standard InChI is InChI=1S/C11H14N2O6S/c1-13(2)20(17,18)9-5-3-4-8(6-9)11(16)12-19-7-10(14)15/h3-6H,7H2,1-2H3,(H,12,16)(H,14,15). The van der Waals surface area contributed by atoms with Gasteiger partial charge >= 0.3 is 5.97 Å². The summed E-state index contributed by atoms with van der Waals surface area (Å²) in [7, 11) is -0.902. The van der Waals surface area contributed by atoms with Gasteiger partial charge in [0, 0.05) is 19.7 Å². The predicted molar refractivity (Wildman–Crippen MR) is 68.4 cm³/mol. The third-order valence-corrected chi connectivity index (χ3v) is 4.05. The molecule has 0 spiro atoms. The van der Waals surface area contributed by atoms with Crippen LogP contribution in [0.25, 0.3) is 0 Å². The molecule has 0 atom stereocenters. The Morgan fingerprint density at radius 2 is 2.00 bits per heavy atom. The summed E-state index contributed by atoms with van der Waals surface area (Å²) >= 11 is 0. The number of nitrogens with zero attached hydrogens (tertiary/aromatic N) is 1. The number of rotatable bonds is 6. The molecule has 0 fully saturated rings. The predicted octanol–water partition coefficient (Wildman–Crippen LogP) is -0.317. The number of hydroxylamine groups is 1. The summed E-state index contributed by atoms with van der Waals surface area (Å²) in [5.41, 5.74) is 1.95. The van der Waals surface area contributed by atoms with Gasteiger partial charge in [0.05, 0.1) is 4.90 Å². The van der Waals surface area contributed by atoms with Crippen molar-refractivity contribution in [2.75, 3.05) is 20.7 Å². The average molecular weight is 302 g/mol. The summed E-state index contributed by atoms with van der Waals surface area (Å²) in [6.45, 7) is -0.693. The lowest BCUT2D eigenvalue weighted by Gasteiger charge is -2.12. The van der Waals surface area contributed by atoms with E-state index >= 15 is 0 Å². The number of carboxylic acid groups (broad SMARTS) is 1. The molecule has 2 N–H and O–H groups in total. The zero-order valence-electron chi connectivity index (χ0n) is 10.9. The van der Waals surface area contributed by atoms with Crippen LogP contribution in [0.5, 0.6) is 0 Å². The zero-order valence-corrected chi connectivity index (χ0v) is 11.7. The van der Waals surface area contributed by atoms with Crippen molar-refractivity contribution < 1.29 is 28.0 Å². The fourth-order valence-electron chi connectivity index (χ4n) is 1.23. The van der Waals surface area contributed by atoms with E-state index in [0.717, 1.165) is 4.31 Å². The normalized spacial score (nSPS) is 11.3. The highest BCUT2D eigenvalue weighted by atomic mass is 32.2. The summed E-state index contributed by atoms with van der Waals surface area (Å²) < 4.78 is 24.8. The molecular formula is C11H14N2O6S. The van der Waals surface area contributed by atoms with Crippen molar-refractivity contribution in [2.45, 2.75) is 4.90 Å². The second kappa shape index (κ2) is 6.46. The SMILES string of the molecule is CN(C)S(=O)(=O)c1cccc(C(=O)NOCC(=O)O)c1. The van der Waals surface area contributed by atoms with Gasteiger partial charge in [0.25, 0.3) is 5.91 Å². The van der Waals surface area contributed by atoms with Gasteiger partial charge in [0.2, 0.25) is 10.0 Å². The Morgan fingerprint density at radius 3 is 2.55 bits per heavy atom. The van der Waals surface area contributed by atoms with E-state index in [1.54, 1.807) is 0 Å². The van der Waals surface area contributed by atoms with E-state index in [4.69, 9.17) is 5.11 Å². The summed E-state index contributed by atoms with van der Waals surface area (Å²) in [4.78, 5) is 26.2. The first-order valence-electron chi connectivity index (χ1n) is 5.41. The van der Waals surface area contributed by atoms with Gasteiger partial charge in [-0.25, -0.2) is 23.0 Å². The molecule has 0 aliphatic heterocycles. The minimum Gasteiger partial charge on any atom is -0.479 e. The van der Waals surface area contributed by atoms with Crippen molar-refractivity contribution >= 4 is 21.9 Å². The molecule has 20 heavy (non-hydrogen) atoms. The molecule has 0 radical (unpaired) electrons. The van der Waals surface area contributed by atoms with Crippen LogP contribution in [0.15, 0.2) is 29.2 Å². The topological polar surface area (TPSA) is 113 Å². The number of sulfonamides is 1. The van der Waals surface area contributed by atoms with Crippen molar-refractivity contribution in [3.05, 3.63) is 29.8 Å². The Hall–Kier alpha value is -1.97. The number of carbonyl (C=O) groups is 2. The van der Waals surface area contributed by atoms with Gasteiger partial charge in [-0.05, 0) is 18.2 Å². The largest absolute Gasteiger partial charge is 0.479 e. The van der Waals surface area contributed by atoms with Crippen molar-refractivity contribution in [2.24, 2.45) is 0 Å². The lowest BCUT2D eigenvalue weighted by atomic mass is 10.2. The van der Waals surface area contributed by atoms with E-state index in [1.165, 1.54) is 38.4 Å². The Kier molecular flexibility index (Phi) is 5.19. The fourth-order valence-corrected chi connectivity index (χ4v) is 2.18. The summed E-state index contributed by atoms with van der Waals surface area (Å²) in [5, 5.41) is 8.35. The minimum atomic E-state index is -3.65. The van der Waals surface area contributed by atoms with Gasteiger partial charge in [-0.15, -0.1) is 0 Å². The van der Waals surface area contributed by atoms with Crippen LogP contribution < -0.4 is 5.48 Å². The number of nitrogens with one attached hydrogen (secondary N) is 1. The van der Waals surface area contributed by atoms with Crippen molar-refractivity contribution in [1.82, 2.24) is 9.79 Å². The lowest BCUT2D eigenvalue weighted by Crippen LogP contribution is -2.27. The second-order valence-electron chi connectivity index (χ2n) is 3.93. The maximum Gasteiger partial charge on any atom is 0.332 e. The Bertz CT molecular complexity index is 611. The Labute approximate surface area is 116 Å². The number of benzene rings is 1. The van der Waals surface area contributed by atoms with Crippen LogP contribution in [-0.2, 0) is 19.7 Å². The second-order valence-corrected chi connectivity index (χ2v) is 6.08. The van der Waals surface area contributed by atoms with Gasteiger partial charge < -0.3 is 5.11 Å². The highest BCUT2D eigenvalue weighted by Gasteiger charge is 2.18. The van der Waals surface area contributed by atoms with Crippen molar-refractivity contribution in [3.8, 4) is 0 Å². The molecule has 0 unspecified atom stereocenters. The molecule has 0 bridgehead atoms. The third-order valence-electron chi connectivity index (χ3n) is 2.24. The lowest BCUT2D eigenvalue weighted by molar-refractivity contribution is -0.144. The smallest absolute Gasteiger partial charge is 0.332 e. The van der Waals surface area contributed by atoms with Crippen LogP contribution in [-0.4, -0.2) is 50.4 Å². The van der Waals surface area contributed by atoms with Gasteiger partial charge in [0.1, 0.15) is 0 Å². The molecule has 1 aromatic rings. The van der Waals surface area contributed by atoms with Crippen LogP contribution in [0.2, 0.25) is 0 Å². The quantitative estimate of drug-likeness (QED) is 0.696. The number of hydrogen-bond donors (Lipinski definition) is 2. The number of carbonyl (C=O) groups excluding carboxylic acids is 1. The highest BCUT2D eigenvalue weighted by Crippen LogP contribution is 2.14. The molecule has 1 rings (SSSR count). The summed E-state index contributed by atoms with van der Waals surface area (Å²) in [6, 6.07) is 5.32. The van der Waals surface area contributed by atoms with Crippen LogP contribution in [0.1, 0.15) is 10.4 Å². The van der Waals surface area contributed by atoms with Gasteiger partial charge in [-0.1, -0.05) is 6.07 Å². The maximum atomic E-state index is 11.9. The monoisotopic (exact) mass is 302 g/mol. The maximum absolute atomic E-state index is 11.9. The molecule has 0 aliphatic rings. The molecule has 0 saturated carbocycles. The van der Waals surface area contributed by atoms with Gasteiger partial charge in [0.15, 0.2) is 6.61 Å². The zero-order chi connectivity index (χ0) is 15.3. The molecule has 0 saturated heterocycles. The van der Waals surface area contributed by atoms with E-state index < -0.39 is 28.5 Å². The molecule has 8 nitrogen and oxygen atoms in total. The highest BCUT2D eigenvalue weighted by molar-refractivity contribution is 7.89. The van der Waals surface area contributed by atoms with E-state index in [2.05, 4.69) is 4.84 Å². The molecule has 1 aromatic carbocycles. The molecule has 0 aromatic heterocycles. The molecular weight excluding hydrogens is 288 g/mol. The van der Waals surface area contributed by atoms with Crippen molar-refractivity contribution in [3.63, 3.8) is 0 Å². The molecule has 1 amide bonds. The molecule has 0 heterocycles. The van der Waals surface area contributed by atoms with E-state index in [9.17, 15) is 18.0 Å². The third kappa shape index (κ3) is 4.02. The fraction of sp³-hybridized carbons (Fsp3) is 0.273. The van der Waals surface area contributed by atoms with Crippen molar-refractivity contribution in [1.29, 1.82) is 0 Å². The van der Waals surface area contributed by atoms with Gasteiger partial charge in [-0.2, -0.15) is 0 Å². The minimum absolute atomic E-state index is 0.0401. The van der Waals surface area contributed by atoms with E-state index in [0.29, 0.717) is 0 Å². The van der Waals surface area contributed by atoms with Crippen LogP contribution >= 0.6 is 0 Å². The first kappa shape index (κ1) is 16.1. The first-order chi connectivity index (χ1) is 9.25. The first-order valence-corrected chi connectivity index (χ1v) is 6.85. The average Bonchev–Trinajstić information content (AvgIpc) is 2.38. The number of amides is 1. The van der Waals surface area contributed by atoms with E-state index in [-0.39, 0.29) is 10.5 Å². The van der Waals surface area contributed by atoms with Crippen LogP contribution in [0.4, 0.5) is 0 Å². The van der Waals surface area contributed by atoms with E-state index in [1.807, 2.05) is 5.48 Å². The molecule has 0 aliphatic carbocycles. The van der Waals surface area contributed by atoms with Crippen LogP contribution in [0, 0.1) is 0 Å².